The monoisotopic (exact) mass is 453 g/mol. The van der Waals surface area contributed by atoms with Crippen LogP contribution in [0.25, 0.3) is 0 Å². The van der Waals surface area contributed by atoms with Crippen LogP contribution in [-0.4, -0.2) is 38.2 Å². The average molecular weight is 453 g/mol. The summed E-state index contributed by atoms with van der Waals surface area (Å²) < 4.78 is 15.5. The van der Waals surface area contributed by atoms with Crippen LogP contribution in [0.15, 0.2) is 65.1 Å². The van der Waals surface area contributed by atoms with E-state index in [0.29, 0.717) is 27.7 Å². The number of benzene rings is 2. The standard InChI is InChI=1S/C22H19N3O6S/c1-29-16-9-10-18(30-2)17(12-16)24-20(26)21(27)25-23-13-14-5-7-15(8-6-14)31-22(28)19-4-3-11-32-19/h3-13H,1-2H3,(H,24,26)(H,25,27)/b23-13+. The molecule has 2 N–H and O–H groups in total. The maximum Gasteiger partial charge on any atom is 0.353 e. The highest BCUT2D eigenvalue weighted by molar-refractivity contribution is 7.12. The number of thiophene rings is 1. The predicted molar refractivity (Wildman–Crippen MR) is 120 cm³/mol. The molecule has 1 heterocycles. The molecule has 10 heteroatoms. The van der Waals surface area contributed by atoms with E-state index < -0.39 is 17.8 Å². The van der Waals surface area contributed by atoms with Gasteiger partial charge in [0, 0.05) is 6.07 Å². The number of amides is 2. The van der Waals surface area contributed by atoms with Gasteiger partial charge in [-0.25, -0.2) is 10.2 Å². The van der Waals surface area contributed by atoms with E-state index >= 15 is 0 Å². The smallest absolute Gasteiger partial charge is 0.353 e. The summed E-state index contributed by atoms with van der Waals surface area (Å²) >= 11 is 1.29. The van der Waals surface area contributed by atoms with Crippen molar-refractivity contribution in [3.05, 3.63) is 70.4 Å². The summed E-state index contributed by atoms with van der Waals surface area (Å²) in [5, 5.41) is 8.00. The summed E-state index contributed by atoms with van der Waals surface area (Å²) in [7, 11) is 2.92. The Hall–Kier alpha value is -4.18. The zero-order chi connectivity index (χ0) is 22.9. The number of nitrogens with zero attached hydrogens (tertiary/aromatic N) is 1. The molecule has 0 radical (unpaired) electrons. The Morgan fingerprint density at radius 1 is 0.938 bits per heavy atom. The van der Waals surface area contributed by atoms with Gasteiger partial charge < -0.3 is 19.5 Å². The van der Waals surface area contributed by atoms with Crippen molar-refractivity contribution >= 4 is 41.0 Å². The Morgan fingerprint density at radius 3 is 2.34 bits per heavy atom. The van der Waals surface area contributed by atoms with E-state index in [2.05, 4.69) is 15.8 Å². The first kappa shape index (κ1) is 22.5. The van der Waals surface area contributed by atoms with Crippen molar-refractivity contribution in [1.29, 1.82) is 0 Å². The van der Waals surface area contributed by atoms with Gasteiger partial charge in [0.05, 0.1) is 26.1 Å². The first-order valence-electron chi connectivity index (χ1n) is 9.22. The van der Waals surface area contributed by atoms with Crippen molar-refractivity contribution < 1.29 is 28.6 Å². The molecule has 2 amide bonds. The van der Waals surface area contributed by atoms with Crippen LogP contribution in [-0.2, 0) is 9.59 Å². The van der Waals surface area contributed by atoms with Gasteiger partial charge in [0.25, 0.3) is 0 Å². The SMILES string of the molecule is COc1ccc(OC)c(NC(=O)C(=O)N/N=C/c2ccc(OC(=O)c3cccs3)cc2)c1. The van der Waals surface area contributed by atoms with Crippen LogP contribution in [0.2, 0.25) is 0 Å². The fraction of sp³-hybridized carbons (Fsp3) is 0.0909. The lowest BCUT2D eigenvalue weighted by Gasteiger charge is -2.11. The topological polar surface area (TPSA) is 115 Å². The number of carbonyl (C=O) groups is 3. The van der Waals surface area contributed by atoms with Crippen LogP contribution in [0.3, 0.4) is 0 Å². The van der Waals surface area contributed by atoms with E-state index in [9.17, 15) is 14.4 Å². The molecule has 3 rings (SSSR count). The number of esters is 1. The molecule has 164 valence electrons. The van der Waals surface area contributed by atoms with Crippen LogP contribution < -0.4 is 25.0 Å². The van der Waals surface area contributed by atoms with E-state index in [0.717, 1.165) is 0 Å². The van der Waals surface area contributed by atoms with Crippen molar-refractivity contribution in [1.82, 2.24) is 5.43 Å². The van der Waals surface area contributed by atoms with Gasteiger partial charge in [0.1, 0.15) is 22.1 Å². The number of hydrogen-bond donors (Lipinski definition) is 2. The summed E-state index contributed by atoms with van der Waals surface area (Å²) in [5.74, 6) is -1.10. The highest BCUT2D eigenvalue weighted by atomic mass is 32.1. The van der Waals surface area contributed by atoms with Crippen LogP contribution >= 0.6 is 11.3 Å². The Bertz CT molecular complexity index is 1130. The molecule has 1 aromatic heterocycles. The van der Waals surface area contributed by atoms with E-state index in [4.69, 9.17) is 14.2 Å². The van der Waals surface area contributed by atoms with Gasteiger partial charge in [-0.05, 0) is 53.4 Å². The number of hydrazone groups is 1. The second-order valence-corrected chi connectivity index (χ2v) is 7.10. The van der Waals surface area contributed by atoms with Crippen molar-refractivity contribution in [3.8, 4) is 17.2 Å². The van der Waals surface area contributed by atoms with Crippen LogP contribution in [0.5, 0.6) is 17.2 Å². The molecule has 0 spiro atoms. The van der Waals surface area contributed by atoms with Crippen LogP contribution in [0, 0.1) is 0 Å². The number of anilines is 1. The Labute approximate surface area is 187 Å². The molecule has 0 aliphatic rings. The highest BCUT2D eigenvalue weighted by Crippen LogP contribution is 2.28. The third-order valence-corrected chi connectivity index (χ3v) is 4.90. The van der Waals surface area contributed by atoms with Crippen molar-refractivity contribution in [2.24, 2.45) is 5.10 Å². The van der Waals surface area contributed by atoms with Crippen molar-refractivity contribution in [2.45, 2.75) is 0 Å². The molecule has 0 aliphatic carbocycles. The molecule has 9 nitrogen and oxygen atoms in total. The lowest BCUT2D eigenvalue weighted by molar-refractivity contribution is -0.136. The first-order chi connectivity index (χ1) is 15.5. The Balaban J connectivity index is 1.53. The maximum atomic E-state index is 12.1. The van der Waals surface area contributed by atoms with Gasteiger partial charge in [-0.3, -0.25) is 9.59 Å². The van der Waals surface area contributed by atoms with Crippen molar-refractivity contribution in [2.75, 3.05) is 19.5 Å². The van der Waals surface area contributed by atoms with Gasteiger partial charge in [-0.15, -0.1) is 11.3 Å². The zero-order valence-corrected chi connectivity index (χ0v) is 18.0. The van der Waals surface area contributed by atoms with Crippen molar-refractivity contribution in [3.63, 3.8) is 0 Å². The first-order valence-corrected chi connectivity index (χ1v) is 10.1. The summed E-state index contributed by atoms with van der Waals surface area (Å²) in [6.07, 6.45) is 1.35. The van der Waals surface area contributed by atoms with E-state index in [-0.39, 0.29) is 5.69 Å². The van der Waals surface area contributed by atoms with Gasteiger partial charge >= 0.3 is 17.8 Å². The lowest BCUT2D eigenvalue weighted by atomic mass is 10.2. The van der Waals surface area contributed by atoms with Crippen LogP contribution in [0.1, 0.15) is 15.2 Å². The predicted octanol–water partition coefficient (Wildman–Crippen LogP) is 3.07. The molecule has 0 unspecified atom stereocenters. The lowest BCUT2D eigenvalue weighted by Crippen LogP contribution is -2.32. The molecule has 0 atom stereocenters. The van der Waals surface area contributed by atoms with E-state index in [1.165, 1.54) is 37.8 Å². The molecule has 0 saturated carbocycles. The molecule has 0 saturated heterocycles. The zero-order valence-electron chi connectivity index (χ0n) is 17.2. The van der Waals surface area contributed by atoms with Gasteiger partial charge in [-0.2, -0.15) is 5.10 Å². The second kappa shape index (κ2) is 10.7. The maximum absolute atomic E-state index is 12.1. The molecule has 0 bridgehead atoms. The Kier molecular flexibility index (Phi) is 7.55. The third kappa shape index (κ3) is 5.92. The highest BCUT2D eigenvalue weighted by Gasteiger charge is 2.16. The summed E-state index contributed by atoms with van der Waals surface area (Å²) in [5.41, 5.74) is 3.05. The summed E-state index contributed by atoms with van der Waals surface area (Å²) in [6, 6.07) is 14.7. The minimum atomic E-state index is -0.965. The normalized spacial score (nSPS) is 10.4. The number of carbonyl (C=O) groups excluding carboxylic acids is 3. The fourth-order valence-electron chi connectivity index (χ4n) is 2.48. The van der Waals surface area contributed by atoms with Crippen LogP contribution in [0.4, 0.5) is 5.69 Å². The van der Waals surface area contributed by atoms with E-state index in [1.54, 1.807) is 53.9 Å². The minimum absolute atomic E-state index is 0.281. The molecule has 0 fully saturated rings. The quantitative estimate of drug-likeness (QED) is 0.187. The van der Waals surface area contributed by atoms with Gasteiger partial charge in [0.15, 0.2) is 0 Å². The van der Waals surface area contributed by atoms with Gasteiger partial charge in [0.2, 0.25) is 0 Å². The molecule has 0 aliphatic heterocycles. The average Bonchev–Trinajstić information content (AvgIpc) is 3.35. The van der Waals surface area contributed by atoms with Gasteiger partial charge in [-0.1, -0.05) is 6.07 Å². The minimum Gasteiger partial charge on any atom is -0.497 e. The largest absolute Gasteiger partial charge is 0.497 e. The Morgan fingerprint density at radius 2 is 1.69 bits per heavy atom. The number of hydrogen-bond acceptors (Lipinski definition) is 8. The number of nitrogens with one attached hydrogen (secondary N) is 2. The van der Waals surface area contributed by atoms with E-state index in [1.807, 2.05) is 0 Å². The molecule has 3 aromatic rings. The molecular weight excluding hydrogens is 434 g/mol. The molecule has 2 aromatic carbocycles. The third-order valence-electron chi connectivity index (χ3n) is 4.05. The number of methoxy groups -OCH3 is 2. The summed E-state index contributed by atoms with van der Waals surface area (Å²) in [4.78, 5) is 36.6. The molecular formula is C22H19N3O6S. The fourth-order valence-corrected chi connectivity index (χ4v) is 3.08. The molecule has 32 heavy (non-hydrogen) atoms. The number of rotatable bonds is 7. The number of ether oxygens (including phenoxy) is 3. The summed E-state index contributed by atoms with van der Waals surface area (Å²) in [6.45, 7) is 0. The second-order valence-electron chi connectivity index (χ2n) is 6.16.